The highest BCUT2D eigenvalue weighted by Gasteiger charge is 2.28. The van der Waals surface area contributed by atoms with E-state index in [2.05, 4.69) is 40.7 Å². The number of fused-ring (bicyclic) bond motifs is 1. The third-order valence-corrected chi connectivity index (χ3v) is 4.44. The number of hydrogen-bond acceptors (Lipinski definition) is 2. The molecule has 1 aromatic heterocycles. The molecule has 0 saturated carbocycles. The lowest BCUT2D eigenvalue weighted by Gasteiger charge is -2.12. The fourth-order valence-electron chi connectivity index (χ4n) is 3.22. The van der Waals surface area contributed by atoms with Gasteiger partial charge in [-0.3, -0.25) is 4.68 Å². The van der Waals surface area contributed by atoms with Crippen LogP contribution < -0.4 is 4.74 Å². The topological polar surface area (TPSA) is 27.1 Å². The van der Waals surface area contributed by atoms with Crippen LogP contribution in [0.25, 0.3) is 11.3 Å². The molecule has 3 heteroatoms. The van der Waals surface area contributed by atoms with Gasteiger partial charge in [-0.05, 0) is 51.3 Å². The summed E-state index contributed by atoms with van der Waals surface area (Å²) in [6, 6.07) is 2.22. The summed E-state index contributed by atoms with van der Waals surface area (Å²) in [7, 11) is 2.01. The number of ether oxygens (including phenoxy) is 1. The summed E-state index contributed by atoms with van der Waals surface area (Å²) in [5.74, 6) is 1.07. The first kappa shape index (κ1) is 13.2. The lowest BCUT2D eigenvalue weighted by Crippen LogP contribution is -2.05. The first-order valence-corrected chi connectivity index (χ1v) is 7.20. The normalized spacial score (nSPS) is 17.2. The maximum Gasteiger partial charge on any atom is 0.126 e. The maximum absolute atomic E-state index is 6.00. The molecule has 2 aromatic rings. The SMILES string of the molecule is Cc1cc(C)c(-c2nn(C)c(C)c2C)c2c1OC(C)C2. The van der Waals surface area contributed by atoms with Crippen molar-refractivity contribution in [2.75, 3.05) is 0 Å². The fraction of sp³-hybridized carbons (Fsp3) is 0.471. The third-order valence-electron chi connectivity index (χ3n) is 4.44. The predicted octanol–water partition coefficient (Wildman–Crippen LogP) is 3.64. The minimum absolute atomic E-state index is 0.259. The fourth-order valence-corrected chi connectivity index (χ4v) is 3.22. The molecule has 0 fully saturated rings. The molecular weight excluding hydrogens is 248 g/mol. The number of rotatable bonds is 1. The summed E-state index contributed by atoms with van der Waals surface area (Å²) in [6.45, 7) is 10.7. The van der Waals surface area contributed by atoms with Crippen LogP contribution in [0.15, 0.2) is 6.07 Å². The first-order valence-electron chi connectivity index (χ1n) is 7.20. The summed E-state index contributed by atoms with van der Waals surface area (Å²) in [5.41, 5.74) is 8.72. The zero-order valence-electron chi connectivity index (χ0n) is 13.2. The Morgan fingerprint density at radius 2 is 1.90 bits per heavy atom. The Hall–Kier alpha value is -1.77. The van der Waals surface area contributed by atoms with Gasteiger partial charge in [-0.25, -0.2) is 0 Å². The second-order valence-corrected chi connectivity index (χ2v) is 6.01. The molecule has 1 aromatic carbocycles. The Balaban J connectivity index is 2.30. The second kappa shape index (κ2) is 4.37. The number of nitrogens with zero attached hydrogens (tertiary/aromatic N) is 2. The maximum atomic E-state index is 6.00. The Morgan fingerprint density at radius 1 is 1.20 bits per heavy atom. The number of hydrogen-bond donors (Lipinski definition) is 0. The van der Waals surface area contributed by atoms with Crippen LogP contribution in [0.4, 0.5) is 0 Å². The Kier molecular flexibility index (Phi) is 2.89. The molecular formula is C17H22N2O. The average Bonchev–Trinajstić information content (AvgIpc) is 2.87. The number of aryl methyl sites for hydroxylation is 3. The van der Waals surface area contributed by atoms with Crippen LogP contribution in [0.5, 0.6) is 5.75 Å². The Bertz CT molecular complexity index is 698. The van der Waals surface area contributed by atoms with Crippen LogP contribution in [-0.2, 0) is 13.5 Å². The lowest BCUT2D eigenvalue weighted by atomic mass is 9.92. The van der Waals surface area contributed by atoms with Crippen LogP contribution in [0.2, 0.25) is 0 Å². The molecule has 1 atom stereocenters. The third kappa shape index (κ3) is 1.76. The van der Waals surface area contributed by atoms with Crippen molar-refractivity contribution in [1.82, 2.24) is 9.78 Å². The minimum Gasteiger partial charge on any atom is -0.490 e. The zero-order valence-corrected chi connectivity index (χ0v) is 13.2. The van der Waals surface area contributed by atoms with Crippen LogP contribution >= 0.6 is 0 Å². The van der Waals surface area contributed by atoms with Crippen molar-refractivity contribution in [1.29, 1.82) is 0 Å². The number of aromatic nitrogens is 2. The van der Waals surface area contributed by atoms with E-state index in [4.69, 9.17) is 9.84 Å². The van der Waals surface area contributed by atoms with Crippen molar-refractivity contribution in [3.05, 3.63) is 34.0 Å². The molecule has 0 saturated heterocycles. The van der Waals surface area contributed by atoms with Gasteiger partial charge in [0, 0.05) is 30.3 Å². The van der Waals surface area contributed by atoms with Crippen LogP contribution in [0, 0.1) is 27.7 Å². The largest absolute Gasteiger partial charge is 0.490 e. The van der Waals surface area contributed by atoms with Gasteiger partial charge >= 0.3 is 0 Å². The molecule has 0 bridgehead atoms. The Labute approximate surface area is 120 Å². The summed E-state index contributed by atoms with van der Waals surface area (Å²) in [6.07, 6.45) is 1.23. The molecule has 1 aliphatic rings. The van der Waals surface area contributed by atoms with Gasteiger partial charge in [-0.1, -0.05) is 6.07 Å². The summed E-state index contributed by atoms with van der Waals surface area (Å²) < 4.78 is 7.96. The molecule has 1 unspecified atom stereocenters. The molecule has 1 aliphatic heterocycles. The van der Waals surface area contributed by atoms with Crippen molar-refractivity contribution < 1.29 is 4.74 Å². The predicted molar refractivity (Wildman–Crippen MR) is 81.4 cm³/mol. The van der Waals surface area contributed by atoms with Crippen molar-refractivity contribution in [3.63, 3.8) is 0 Å². The zero-order chi connectivity index (χ0) is 14.6. The van der Waals surface area contributed by atoms with Crippen molar-refractivity contribution in [2.45, 2.75) is 47.1 Å². The van der Waals surface area contributed by atoms with Crippen molar-refractivity contribution >= 4 is 0 Å². The monoisotopic (exact) mass is 270 g/mol. The molecule has 20 heavy (non-hydrogen) atoms. The molecule has 0 amide bonds. The van der Waals surface area contributed by atoms with E-state index in [1.165, 1.54) is 33.5 Å². The van der Waals surface area contributed by atoms with Gasteiger partial charge in [-0.2, -0.15) is 5.10 Å². The van der Waals surface area contributed by atoms with Gasteiger partial charge in [0.15, 0.2) is 0 Å². The summed E-state index contributed by atoms with van der Waals surface area (Å²) in [4.78, 5) is 0. The lowest BCUT2D eigenvalue weighted by molar-refractivity contribution is 0.253. The van der Waals surface area contributed by atoms with Crippen LogP contribution in [0.1, 0.15) is 34.9 Å². The van der Waals surface area contributed by atoms with Gasteiger partial charge in [0.25, 0.3) is 0 Å². The van der Waals surface area contributed by atoms with E-state index < -0.39 is 0 Å². The Morgan fingerprint density at radius 3 is 2.50 bits per heavy atom. The molecule has 106 valence electrons. The number of benzene rings is 1. The van der Waals surface area contributed by atoms with Crippen LogP contribution in [-0.4, -0.2) is 15.9 Å². The summed E-state index contributed by atoms with van der Waals surface area (Å²) in [5, 5.41) is 4.73. The van der Waals surface area contributed by atoms with Crippen LogP contribution in [0.3, 0.4) is 0 Å². The van der Waals surface area contributed by atoms with E-state index >= 15 is 0 Å². The van der Waals surface area contributed by atoms with Gasteiger partial charge in [0.05, 0.1) is 5.69 Å². The molecule has 0 radical (unpaired) electrons. The van der Waals surface area contributed by atoms with Gasteiger partial charge in [0.1, 0.15) is 11.9 Å². The molecule has 0 spiro atoms. The van der Waals surface area contributed by atoms with E-state index in [1.807, 2.05) is 11.7 Å². The molecule has 3 nitrogen and oxygen atoms in total. The standard InChI is InChI=1S/C17H22N2O/c1-9-7-10(2)17-14(8-11(3)20-17)15(9)16-12(4)13(5)19(6)18-16/h7,11H,8H2,1-6H3. The van der Waals surface area contributed by atoms with E-state index in [0.717, 1.165) is 17.9 Å². The second-order valence-electron chi connectivity index (χ2n) is 6.01. The quantitative estimate of drug-likeness (QED) is 0.791. The van der Waals surface area contributed by atoms with Crippen molar-refractivity contribution in [2.24, 2.45) is 7.05 Å². The molecule has 0 N–H and O–H groups in total. The highest BCUT2D eigenvalue weighted by Crippen LogP contribution is 2.42. The van der Waals surface area contributed by atoms with Gasteiger partial charge < -0.3 is 4.74 Å². The van der Waals surface area contributed by atoms with Crippen molar-refractivity contribution in [3.8, 4) is 17.0 Å². The molecule has 3 rings (SSSR count). The first-order chi connectivity index (χ1) is 9.40. The van der Waals surface area contributed by atoms with Gasteiger partial charge in [-0.15, -0.1) is 0 Å². The minimum atomic E-state index is 0.259. The van der Waals surface area contributed by atoms with E-state index in [9.17, 15) is 0 Å². The van der Waals surface area contributed by atoms with E-state index in [0.29, 0.717) is 0 Å². The van der Waals surface area contributed by atoms with E-state index in [1.54, 1.807) is 0 Å². The highest BCUT2D eigenvalue weighted by atomic mass is 16.5. The molecule has 2 heterocycles. The molecule has 0 aliphatic carbocycles. The van der Waals surface area contributed by atoms with E-state index in [-0.39, 0.29) is 6.10 Å². The summed E-state index contributed by atoms with van der Waals surface area (Å²) >= 11 is 0. The highest BCUT2D eigenvalue weighted by molar-refractivity contribution is 5.75. The average molecular weight is 270 g/mol. The smallest absolute Gasteiger partial charge is 0.126 e. The van der Waals surface area contributed by atoms with Gasteiger partial charge in [0.2, 0.25) is 0 Å².